The van der Waals surface area contributed by atoms with E-state index < -0.39 is 25.9 Å². The van der Waals surface area contributed by atoms with E-state index in [2.05, 4.69) is 5.32 Å². The minimum Gasteiger partial charge on any atom is -0.350 e. The molecule has 0 aliphatic carbocycles. The first kappa shape index (κ1) is 19.2. The average Bonchev–Trinajstić information content (AvgIpc) is 3.36. The molecule has 1 amide bonds. The van der Waals surface area contributed by atoms with E-state index in [1.165, 1.54) is 35.6 Å². The maximum atomic E-state index is 13.0. The van der Waals surface area contributed by atoms with Crippen molar-refractivity contribution in [2.75, 3.05) is 6.54 Å². The number of nitrogens with one attached hydrogen (secondary N) is 1. The van der Waals surface area contributed by atoms with Crippen LogP contribution in [0.15, 0.2) is 63.5 Å². The van der Waals surface area contributed by atoms with Crippen LogP contribution in [0.5, 0.6) is 0 Å². The first-order valence-corrected chi connectivity index (χ1v) is 11.0. The number of benzene rings is 1. The first-order chi connectivity index (χ1) is 12.9. The van der Waals surface area contributed by atoms with E-state index in [-0.39, 0.29) is 22.0 Å². The zero-order valence-electron chi connectivity index (χ0n) is 13.8. The average molecular weight is 423 g/mol. The highest BCUT2D eigenvalue weighted by Crippen LogP contribution is 2.33. The number of non-ortho nitro benzene ring substituents is 1. The summed E-state index contributed by atoms with van der Waals surface area (Å²) < 4.78 is 26.1. The lowest BCUT2D eigenvalue weighted by molar-refractivity contribution is -0.384. The fraction of sp³-hybridized carbons (Fsp3) is 0.118. The number of nitro benzene ring substituents is 1. The summed E-state index contributed by atoms with van der Waals surface area (Å²) in [6, 6.07) is 11.9. The summed E-state index contributed by atoms with van der Waals surface area (Å²) in [7, 11) is -3.67. The second-order valence-electron chi connectivity index (χ2n) is 5.50. The van der Waals surface area contributed by atoms with Gasteiger partial charge in [-0.25, -0.2) is 8.42 Å². The van der Waals surface area contributed by atoms with Crippen LogP contribution in [0.4, 0.5) is 5.69 Å². The number of rotatable bonds is 7. The van der Waals surface area contributed by atoms with E-state index in [4.69, 9.17) is 0 Å². The third kappa shape index (κ3) is 4.24. The second-order valence-corrected chi connectivity index (χ2v) is 9.78. The van der Waals surface area contributed by atoms with Gasteiger partial charge in [-0.15, -0.1) is 22.7 Å². The van der Waals surface area contributed by atoms with E-state index in [1.54, 1.807) is 29.0 Å². The van der Waals surface area contributed by atoms with Gasteiger partial charge in [-0.3, -0.25) is 14.9 Å². The van der Waals surface area contributed by atoms with Crippen LogP contribution in [0, 0.1) is 10.1 Å². The molecule has 0 bridgehead atoms. The third-order valence-electron chi connectivity index (χ3n) is 3.78. The second kappa shape index (κ2) is 7.99. The van der Waals surface area contributed by atoms with Gasteiger partial charge in [0, 0.05) is 29.1 Å². The maximum Gasteiger partial charge on any atom is 0.270 e. The predicted octanol–water partition coefficient (Wildman–Crippen LogP) is 3.66. The maximum absolute atomic E-state index is 13.0. The van der Waals surface area contributed by atoms with E-state index >= 15 is 0 Å². The molecule has 0 saturated carbocycles. The van der Waals surface area contributed by atoms with Gasteiger partial charge in [0.25, 0.3) is 11.6 Å². The molecule has 0 aliphatic heterocycles. The van der Waals surface area contributed by atoms with Crippen LogP contribution in [0.2, 0.25) is 0 Å². The highest BCUT2D eigenvalue weighted by Gasteiger charge is 2.31. The van der Waals surface area contributed by atoms with Crippen molar-refractivity contribution in [3.63, 3.8) is 0 Å². The number of sulfone groups is 1. The van der Waals surface area contributed by atoms with Gasteiger partial charge in [0.05, 0.1) is 4.92 Å². The minimum absolute atomic E-state index is 0.0997. The fourth-order valence-electron chi connectivity index (χ4n) is 2.45. The molecule has 27 heavy (non-hydrogen) atoms. The van der Waals surface area contributed by atoms with Gasteiger partial charge in [-0.1, -0.05) is 18.2 Å². The Labute approximate surface area is 163 Å². The molecule has 1 atom stereocenters. The molecular weight excluding hydrogens is 408 g/mol. The minimum atomic E-state index is -3.67. The largest absolute Gasteiger partial charge is 0.350 e. The molecule has 3 rings (SSSR count). The smallest absolute Gasteiger partial charge is 0.270 e. The summed E-state index contributed by atoms with van der Waals surface area (Å²) in [5.74, 6) is -0.568. The Hall–Kier alpha value is -2.56. The molecule has 1 unspecified atom stereocenters. The molecule has 0 radical (unpaired) electrons. The molecule has 0 fully saturated rings. The molecule has 3 aromatic rings. The number of nitro groups is 1. The SMILES string of the molecule is O=C(NCC(c1cccs1)S(=O)(=O)c1cccs1)c1cccc([N+](=O)[O-])c1. The summed E-state index contributed by atoms with van der Waals surface area (Å²) in [6.45, 7) is -0.137. The lowest BCUT2D eigenvalue weighted by Gasteiger charge is -2.16. The Morgan fingerprint density at radius 1 is 1.11 bits per heavy atom. The van der Waals surface area contributed by atoms with Crippen LogP contribution in [0.1, 0.15) is 20.5 Å². The van der Waals surface area contributed by atoms with E-state index in [9.17, 15) is 23.3 Å². The van der Waals surface area contributed by atoms with Crippen molar-refractivity contribution in [2.45, 2.75) is 9.46 Å². The number of carbonyl (C=O) groups excluding carboxylic acids is 1. The van der Waals surface area contributed by atoms with Crippen LogP contribution in [0.25, 0.3) is 0 Å². The van der Waals surface area contributed by atoms with Crippen LogP contribution < -0.4 is 5.32 Å². The molecule has 10 heteroatoms. The van der Waals surface area contributed by atoms with Crippen LogP contribution in [-0.2, 0) is 9.84 Å². The Morgan fingerprint density at radius 3 is 2.48 bits per heavy atom. The number of carbonyl (C=O) groups is 1. The van der Waals surface area contributed by atoms with Gasteiger partial charge in [0.2, 0.25) is 0 Å². The predicted molar refractivity (Wildman–Crippen MR) is 104 cm³/mol. The lowest BCUT2D eigenvalue weighted by atomic mass is 10.2. The Kier molecular flexibility index (Phi) is 5.68. The molecule has 7 nitrogen and oxygen atoms in total. The first-order valence-electron chi connectivity index (χ1n) is 7.73. The molecule has 0 spiro atoms. The normalized spacial score (nSPS) is 12.4. The molecule has 140 valence electrons. The molecule has 1 aromatic carbocycles. The topological polar surface area (TPSA) is 106 Å². The van der Waals surface area contributed by atoms with Crippen molar-refractivity contribution in [2.24, 2.45) is 0 Å². The van der Waals surface area contributed by atoms with Crippen LogP contribution in [-0.4, -0.2) is 25.8 Å². The molecule has 0 aliphatic rings. The van der Waals surface area contributed by atoms with Gasteiger partial charge in [0.1, 0.15) is 9.46 Å². The van der Waals surface area contributed by atoms with Crippen molar-refractivity contribution in [3.8, 4) is 0 Å². The number of hydrogen-bond acceptors (Lipinski definition) is 7. The Balaban J connectivity index is 1.83. The van der Waals surface area contributed by atoms with Crippen molar-refractivity contribution < 1.29 is 18.1 Å². The van der Waals surface area contributed by atoms with Crippen molar-refractivity contribution in [1.82, 2.24) is 5.32 Å². The summed E-state index contributed by atoms with van der Waals surface area (Å²) >= 11 is 2.41. The van der Waals surface area contributed by atoms with Gasteiger partial charge in [0.15, 0.2) is 9.84 Å². The van der Waals surface area contributed by atoms with E-state index in [0.717, 1.165) is 17.4 Å². The number of nitrogens with zero attached hydrogens (tertiary/aromatic N) is 1. The summed E-state index contributed by atoms with van der Waals surface area (Å²) in [4.78, 5) is 23.3. The fourth-order valence-corrected chi connectivity index (χ4v) is 6.44. The molecular formula is C17H14N2O5S3. The molecule has 0 saturated heterocycles. The van der Waals surface area contributed by atoms with Gasteiger partial charge < -0.3 is 5.32 Å². The summed E-state index contributed by atoms with van der Waals surface area (Å²) in [5, 5.41) is 16.0. The number of thiophene rings is 2. The summed E-state index contributed by atoms with van der Waals surface area (Å²) in [5.41, 5.74) is -0.105. The van der Waals surface area contributed by atoms with Crippen LogP contribution in [0.3, 0.4) is 0 Å². The highest BCUT2D eigenvalue weighted by atomic mass is 32.2. The third-order valence-corrected chi connectivity index (χ3v) is 8.43. The number of amides is 1. The van der Waals surface area contributed by atoms with Crippen molar-refractivity contribution >= 4 is 44.1 Å². The van der Waals surface area contributed by atoms with Gasteiger partial charge in [-0.05, 0) is 29.0 Å². The zero-order chi connectivity index (χ0) is 19.4. The quantitative estimate of drug-likeness (QED) is 0.462. The van der Waals surface area contributed by atoms with Gasteiger partial charge >= 0.3 is 0 Å². The molecule has 1 N–H and O–H groups in total. The zero-order valence-corrected chi connectivity index (χ0v) is 16.2. The monoisotopic (exact) mass is 422 g/mol. The Morgan fingerprint density at radius 2 is 1.85 bits per heavy atom. The van der Waals surface area contributed by atoms with E-state index in [0.29, 0.717) is 4.88 Å². The highest BCUT2D eigenvalue weighted by molar-refractivity contribution is 7.93. The summed E-state index contributed by atoms with van der Waals surface area (Å²) in [6.07, 6.45) is 0. The Bertz CT molecular complexity index is 1040. The molecule has 2 aromatic heterocycles. The van der Waals surface area contributed by atoms with E-state index in [1.807, 2.05) is 0 Å². The van der Waals surface area contributed by atoms with Crippen LogP contribution >= 0.6 is 22.7 Å². The van der Waals surface area contributed by atoms with Crippen molar-refractivity contribution in [1.29, 1.82) is 0 Å². The molecule has 2 heterocycles. The standard InChI is InChI=1S/C17H14N2O5S3/c20-17(12-4-1-5-13(10-12)19(21)22)18-11-15(14-6-2-8-25-14)27(23,24)16-7-3-9-26-16/h1-10,15H,11H2,(H,18,20). The lowest BCUT2D eigenvalue weighted by Crippen LogP contribution is -2.31. The van der Waals surface area contributed by atoms with Gasteiger partial charge in [-0.2, -0.15) is 0 Å². The number of hydrogen-bond donors (Lipinski definition) is 1. The van der Waals surface area contributed by atoms with Crippen molar-refractivity contribution in [3.05, 3.63) is 79.8 Å².